The fraction of sp³-hybridized carbons (Fsp3) is 0.533. The number of imidazole rings is 1. The van der Waals surface area contributed by atoms with E-state index in [-0.39, 0.29) is 0 Å². The topological polar surface area (TPSA) is 58.9 Å². The molecule has 0 atom stereocenters. The summed E-state index contributed by atoms with van der Waals surface area (Å²) in [6.45, 7) is 5.96. The lowest BCUT2D eigenvalue weighted by Crippen LogP contribution is -2.43. The van der Waals surface area contributed by atoms with Crippen molar-refractivity contribution in [2.75, 3.05) is 18.0 Å². The van der Waals surface area contributed by atoms with E-state index in [9.17, 15) is 0 Å². The molecule has 2 aromatic rings. The Kier molecular flexibility index (Phi) is 4.45. The molecule has 0 aromatic carbocycles. The van der Waals surface area contributed by atoms with Gasteiger partial charge in [-0.2, -0.15) is 0 Å². The van der Waals surface area contributed by atoms with Crippen molar-refractivity contribution < 1.29 is 0 Å². The van der Waals surface area contributed by atoms with Crippen LogP contribution in [-0.4, -0.2) is 38.7 Å². The maximum atomic E-state index is 4.40. The van der Waals surface area contributed by atoms with Crippen molar-refractivity contribution in [1.29, 1.82) is 0 Å². The molecule has 1 aliphatic heterocycles. The van der Waals surface area contributed by atoms with Gasteiger partial charge >= 0.3 is 0 Å². The number of nitrogens with one attached hydrogen (secondary N) is 1. The highest BCUT2D eigenvalue weighted by molar-refractivity contribution is 5.29. The minimum atomic E-state index is 0.548. The third-order valence-electron chi connectivity index (χ3n) is 4.02. The molecule has 6 nitrogen and oxygen atoms in total. The van der Waals surface area contributed by atoms with E-state index in [0.717, 1.165) is 50.8 Å². The molecule has 0 saturated carbocycles. The summed E-state index contributed by atoms with van der Waals surface area (Å²) in [7, 11) is 0. The van der Waals surface area contributed by atoms with E-state index in [1.54, 1.807) is 12.4 Å². The lowest BCUT2D eigenvalue weighted by molar-refractivity contribution is 0.403. The summed E-state index contributed by atoms with van der Waals surface area (Å²) in [4.78, 5) is 15.3. The zero-order chi connectivity index (χ0) is 14.5. The number of anilines is 1. The second-order valence-corrected chi connectivity index (χ2v) is 5.32. The van der Waals surface area contributed by atoms with E-state index < -0.39 is 0 Å². The van der Waals surface area contributed by atoms with E-state index in [0.29, 0.717) is 6.04 Å². The first-order chi connectivity index (χ1) is 10.4. The van der Waals surface area contributed by atoms with Crippen LogP contribution in [0.2, 0.25) is 0 Å². The molecule has 2 aromatic heterocycles. The van der Waals surface area contributed by atoms with Crippen molar-refractivity contribution in [3.8, 4) is 0 Å². The van der Waals surface area contributed by atoms with E-state index in [1.807, 2.05) is 18.5 Å². The van der Waals surface area contributed by atoms with Crippen LogP contribution in [0.15, 0.2) is 30.9 Å². The number of aromatic nitrogens is 4. The van der Waals surface area contributed by atoms with Crippen LogP contribution in [0.1, 0.15) is 25.6 Å². The normalized spacial score (nSPS) is 16.3. The van der Waals surface area contributed by atoms with Crippen LogP contribution in [0.5, 0.6) is 0 Å². The van der Waals surface area contributed by atoms with Gasteiger partial charge in [0.1, 0.15) is 5.82 Å². The van der Waals surface area contributed by atoms with Crippen LogP contribution in [0.25, 0.3) is 0 Å². The van der Waals surface area contributed by atoms with E-state index in [4.69, 9.17) is 0 Å². The molecule has 3 heterocycles. The van der Waals surface area contributed by atoms with Crippen LogP contribution in [0.3, 0.4) is 0 Å². The molecule has 3 rings (SSSR count). The number of piperidine rings is 1. The largest absolute Gasteiger partial charge is 0.341 e. The minimum absolute atomic E-state index is 0.548. The van der Waals surface area contributed by atoms with Crippen LogP contribution >= 0.6 is 0 Å². The first-order valence-electron chi connectivity index (χ1n) is 7.62. The number of nitrogens with zero attached hydrogens (tertiary/aromatic N) is 5. The van der Waals surface area contributed by atoms with Crippen LogP contribution in [-0.2, 0) is 13.1 Å². The molecule has 21 heavy (non-hydrogen) atoms. The van der Waals surface area contributed by atoms with Gasteiger partial charge in [0.15, 0.2) is 0 Å². The van der Waals surface area contributed by atoms with Gasteiger partial charge in [-0.05, 0) is 25.8 Å². The molecular weight excluding hydrogens is 264 g/mol. The zero-order valence-electron chi connectivity index (χ0n) is 12.4. The number of rotatable bonds is 5. The molecule has 1 aliphatic rings. The molecule has 1 saturated heterocycles. The lowest BCUT2D eigenvalue weighted by Gasteiger charge is -2.32. The summed E-state index contributed by atoms with van der Waals surface area (Å²) >= 11 is 0. The van der Waals surface area contributed by atoms with Gasteiger partial charge in [-0.25, -0.2) is 15.0 Å². The summed E-state index contributed by atoms with van der Waals surface area (Å²) in [5.41, 5.74) is 0. The van der Waals surface area contributed by atoms with Gasteiger partial charge in [0.25, 0.3) is 0 Å². The standard InChI is InChI=1S/C15H22N6/c1-2-20-11-8-16-14(20)12-19-13-4-9-21(10-5-13)15-17-6-3-7-18-15/h3,6-8,11,13,19H,2,4-5,9-10,12H2,1H3. The molecule has 0 spiro atoms. The highest BCUT2D eigenvalue weighted by Crippen LogP contribution is 2.15. The lowest BCUT2D eigenvalue weighted by atomic mass is 10.1. The summed E-state index contributed by atoms with van der Waals surface area (Å²) in [6, 6.07) is 2.40. The van der Waals surface area contributed by atoms with Crippen molar-refractivity contribution in [2.45, 2.75) is 38.9 Å². The Balaban J connectivity index is 1.48. The molecular formula is C15H22N6. The number of aryl methyl sites for hydroxylation is 1. The van der Waals surface area contributed by atoms with E-state index >= 15 is 0 Å². The van der Waals surface area contributed by atoms with E-state index in [1.165, 1.54) is 0 Å². The molecule has 1 N–H and O–H groups in total. The SMILES string of the molecule is CCn1ccnc1CNC1CCN(c2ncccn2)CC1. The fourth-order valence-electron chi connectivity index (χ4n) is 2.77. The molecule has 0 unspecified atom stereocenters. The van der Waals surface area contributed by atoms with Gasteiger partial charge in [-0.3, -0.25) is 0 Å². The zero-order valence-corrected chi connectivity index (χ0v) is 12.4. The van der Waals surface area contributed by atoms with Gasteiger partial charge in [0.2, 0.25) is 5.95 Å². The molecule has 0 aliphatic carbocycles. The third kappa shape index (κ3) is 3.39. The highest BCUT2D eigenvalue weighted by atomic mass is 15.3. The first-order valence-corrected chi connectivity index (χ1v) is 7.62. The van der Waals surface area contributed by atoms with Gasteiger partial charge in [0.05, 0.1) is 6.54 Å². The van der Waals surface area contributed by atoms with Crippen molar-refractivity contribution in [1.82, 2.24) is 24.8 Å². The second kappa shape index (κ2) is 6.67. The second-order valence-electron chi connectivity index (χ2n) is 5.32. The summed E-state index contributed by atoms with van der Waals surface area (Å²) in [5.74, 6) is 1.96. The average Bonchev–Trinajstić information content (AvgIpc) is 3.02. The Bertz CT molecular complexity index is 544. The predicted molar refractivity (Wildman–Crippen MR) is 82.0 cm³/mol. The Morgan fingerprint density at radius 3 is 2.62 bits per heavy atom. The van der Waals surface area contributed by atoms with Gasteiger partial charge in [-0.1, -0.05) is 0 Å². The van der Waals surface area contributed by atoms with Crippen LogP contribution < -0.4 is 10.2 Å². The van der Waals surface area contributed by atoms with Gasteiger partial charge < -0.3 is 14.8 Å². The average molecular weight is 286 g/mol. The molecule has 1 fully saturated rings. The smallest absolute Gasteiger partial charge is 0.225 e. The Morgan fingerprint density at radius 2 is 1.90 bits per heavy atom. The maximum Gasteiger partial charge on any atom is 0.225 e. The van der Waals surface area contributed by atoms with Crippen LogP contribution in [0.4, 0.5) is 5.95 Å². The van der Waals surface area contributed by atoms with Crippen LogP contribution in [0, 0.1) is 0 Å². The Morgan fingerprint density at radius 1 is 1.14 bits per heavy atom. The van der Waals surface area contributed by atoms with E-state index in [2.05, 4.69) is 36.7 Å². The quantitative estimate of drug-likeness (QED) is 0.901. The molecule has 0 amide bonds. The molecule has 0 bridgehead atoms. The monoisotopic (exact) mass is 286 g/mol. The van der Waals surface area contributed by atoms with Crippen molar-refractivity contribution in [2.24, 2.45) is 0 Å². The fourth-order valence-corrected chi connectivity index (χ4v) is 2.77. The predicted octanol–water partition coefficient (Wildman–Crippen LogP) is 1.45. The number of hydrogen-bond donors (Lipinski definition) is 1. The molecule has 6 heteroatoms. The van der Waals surface area contributed by atoms with Crippen molar-refractivity contribution in [3.63, 3.8) is 0 Å². The van der Waals surface area contributed by atoms with Crippen molar-refractivity contribution >= 4 is 5.95 Å². The Labute approximate surface area is 125 Å². The summed E-state index contributed by atoms with van der Waals surface area (Å²) in [5, 5.41) is 3.62. The maximum absolute atomic E-state index is 4.40. The minimum Gasteiger partial charge on any atom is -0.341 e. The first kappa shape index (κ1) is 14.0. The Hall–Kier alpha value is -1.95. The number of hydrogen-bond acceptors (Lipinski definition) is 5. The van der Waals surface area contributed by atoms with Gasteiger partial charge in [0, 0.05) is 50.5 Å². The molecule has 0 radical (unpaired) electrons. The summed E-state index contributed by atoms with van der Waals surface area (Å²) < 4.78 is 2.18. The highest BCUT2D eigenvalue weighted by Gasteiger charge is 2.20. The third-order valence-corrected chi connectivity index (χ3v) is 4.02. The van der Waals surface area contributed by atoms with Gasteiger partial charge in [-0.15, -0.1) is 0 Å². The van der Waals surface area contributed by atoms with Crippen molar-refractivity contribution in [3.05, 3.63) is 36.7 Å². The molecule has 112 valence electrons. The summed E-state index contributed by atoms with van der Waals surface area (Å²) in [6.07, 6.45) is 9.74.